The second-order valence-corrected chi connectivity index (χ2v) is 12.8. The van der Waals surface area contributed by atoms with E-state index in [1.807, 2.05) is 30.2 Å². The molecular weight excluding hydrogens is 604 g/mol. The van der Waals surface area contributed by atoms with Gasteiger partial charge in [0.15, 0.2) is 18.2 Å². The number of phenolic OH excluding ortho intramolecular Hbond substituents is 1. The van der Waals surface area contributed by atoms with Gasteiger partial charge in [0.25, 0.3) is 0 Å². The zero-order valence-corrected chi connectivity index (χ0v) is 27.7. The summed E-state index contributed by atoms with van der Waals surface area (Å²) in [5.41, 5.74) is 14.0. The fourth-order valence-electron chi connectivity index (χ4n) is 6.14. The number of aliphatic hydroxyl groups excluding tert-OH is 2. The maximum atomic E-state index is 12.4. The monoisotopic (exact) mass is 652 g/mol. The molecule has 48 heavy (non-hydrogen) atoms. The zero-order valence-electron chi connectivity index (χ0n) is 27.7. The van der Waals surface area contributed by atoms with E-state index < -0.39 is 12.2 Å². The maximum Gasteiger partial charge on any atom is 0.163 e. The topological polar surface area (TPSA) is 141 Å². The largest absolute Gasteiger partial charge is 0.504 e. The van der Waals surface area contributed by atoms with Gasteiger partial charge >= 0.3 is 0 Å². The number of nitrogens with one attached hydrogen (secondary N) is 1. The Kier molecular flexibility index (Phi) is 12.6. The number of rotatable bonds is 19. The summed E-state index contributed by atoms with van der Waals surface area (Å²) in [5, 5.41) is 33.9. The van der Waals surface area contributed by atoms with Crippen molar-refractivity contribution in [3.63, 3.8) is 0 Å². The van der Waals surface area contributed by atoms with Crippen LogP contribution in [0.2, 0.25) is 0 Å². The van der Waals surface area contributed by atoms with Gasteiger partial charge in [-0.05, 0) is 72.1 Å². The Morgan fingerprint density at radius 3 is 2.62 bits per heavy atom. The lowest BCUT2D eigenvalue weighted by molar-refractivity contribution is -0.121. The molecule has 6 N–H and O–H groups in total. The minimum Gasteiger partial charge on any atom is -0.504 e. The van der Waals surface area contributed by atoms with Gasteiger partial charge in [0.05, 0.1) is 30.6 Å². The number of nitrogens with two attached hydrogens (primary N) is 1. The van der Waals surface area contributed by atoms with Crippen molar-refractivity contribution in [2.75, 3.05) is 19.8 Å². The van der Waals surface area contributed by atoms with E-state index in [2.05, 4.69) is 59.0 Å². The number of ketones is 1. The number of allylic oxidation sites excluding steroid dienone is 1. The van der Waals surface area contributed by atoms with Gasteiger partial charge in [-0.15, -0.1) is 0 Å². The quantitative estimate of drug-likeness (QED) is 0.113. The molecule has 0 radical (unpaired) electrons. The van der Waals surface area contributed by atoms with Gasteiger partial charge < -0.3 is 30.7 Å². The molecule has 2 heterocycles. The van der Waals surface area contributed by atoms with E-state index >= 15 is 0 Å². The van der Waals surface area contributed by atoms with Gasteiger partial charge in [-0.3, -0.25) is 15.1 Å². The lowest BCUT2D eigenvalue weighted by atomic mass is 9.97. The number of aromatic hydroxyl groups is 1. The molecule has 0 bridgehead atoms. The number of carbonyl (C=O) groups excluding carboxylic acids is 1. The number of fused-ring (bicyclic) bond motifs is 1. The predicted octanol–water partition coefficient (Wildman–Crippen LogP) is 5.10. The summed E-state index contributed by atoms with van der Waals surface area (Å²) in [6.45, 7) is 3.60. The van der Waals surface area contributed by atoms with Crippen LogP contribution in [-0.2, 0) is 24.1 Å². The molecule has 2 aliphatic rings. The van der Waals surface area contributed by atoms with Crippen LogP contribution in [0.4, 0.5) is 0 Å². The molecule has 0 aromatic heterocycles. The Hall–Kier alpha value is -4.28. The third-order valence-electron chi connectivity index (χ3n) is 8.76. The van der Waals surface area contributed by atoms with Gasteiger partial charge in [0, 0.05) is 37.4 Å². The van der Waals surface area contributed by atoms with Crippen molar-refractivity contribution < 1.29 is 24.9 Å². The molecular formula is C39H48N4O5. The first-order valence-corrected chi connectivity index (χ1v) is 16.9. The Bertz CT molecular complexity index is 1620. The highest BCUT2D eigenvalue weighted by molar-refractivity contribution is 6.09. The van der Waals surface area contributed by atoms with E-state index in [0.29, 0.717) is 25.1 Å². The lowest BCUT2D eigenvalue weighted by Crippen LogP contribution is -2.30. The number of nitrogens with zero attached hydrogens (tertiary/aromatic N) is 2. The van der Waals surface area contributed by atoms with Crippen LogP contribution in [0.25, 0.3) is 0 Å². The fourth-order valence-corrected chi connectivity index (χ4v) is 6.14. The average Bonchev–Trinajstić information content (AvgIpc) is 3.65. The molecule has 3 atom stereocenters. The molecule has 0 saturated carbocycles. The van der Waals surface area contributed by atoms with E-state index in [4.69, 9.17) is 10.5 Å². The van der Waals surface area contributed by atoms with Gasteiger partial charge in [-0.1, -0.05) is 74.0 Å². The van der Waals surface area contributed by atoms with Gasteiger partial charge in [0.1, 0.15) is 5.78 Å². The third kappa shape index (κ3) is 10.1. The molecule has 9 heteroatoms. The van der Waals surface area contributed by atoms with E-state index in [1.54, 1.807) is 18.2 Å². The van der Waals surface area contributed by atoms with Crippen LogP contribution in [0.5, 0.6) is 11.5 Å². The summed E-state index contributed by atoms with van der Waals surface area (Å²) in [5.74, 6) is 0.316. The number of carbonyl (C=O) groups is 1. The predicted molar refractivity (Wildman–Crippen MR) is 189 cm³/mol. The molecule has 0 amide bonds. The number of hydrogen-bond donors (Lipinski definition) is 5. The zero-order chi connectivity index (χ0) is 33.9. The van der Waals surface area contributed by atoms with Crippen molar-refractivity contribution in [2.24, 2.45) is 10.7 Å². The number of hydrogen-bond acceptors (Lipinski definition) is 9. The van der Waals surface area contributed by atoms with Crippen LogP contribution in [0.3, 0.4) is 0 Å². The first-order chi connectivity index (χ1) is 23.3. The van der Waals surface area contributed by atoms with Crippen LogP contribution in [-0.4, -0.2) is 63.7 Å². The highest BCUT2D eigenvalue weighted by atomic mass is 16.5. The van der Waals surface area contributed by atoms with Gasteiger partial charge in [0.2, 0.25) is 0 Å². The number of Topliss-reactive ketones (excluding diaryl/α,β-unsaturated/α-hetero) is 1. The van der Waals surface area contributed by atoms with E-state index in [0.717, 1.165) is 59.4 Å². The average molecular weight is 653 g/mol. The SMILES string of the molecule is CCCC(O)CC(O)CC(=O)CCc1ccc(O)c(OCN2C=C3C(Cc4cccc(C(N)NCCc5ccccc5)c4)=CN=C3C2)c1. The first kappa shape index (κ1) is 35.0. The second kappa shape index (κ2) is 17.2. The van der Waals surface area contributed by atoms with Crippen molar-refractivity contribution in [3.8, 4) is 11.5 Å². The molecule has 3 unspecified atom stereocenters. The highest BCUT2D eigenvalue weighted by Crippen LogP contribution is 2.31. The Balaban J connectivity index is 1.09. The minimum atomic E-state index is -0.840. The molecule has 3 aromatic carbocycles. The van der Waals surface area contributed by atoms with Crippen LogP contribution < -0.4 is 15.8 Å². The number of aliphatic imine (C=N–C) groups is 1. The van der Waals surface area contributed by atoms with Crippen LogP contribution in [0, 0.1) is 0 Å². The number of benzene rings is 3. The molecule has 0 saturated heterocycles. The molecule has 5 rings (SSSR count). The molecule has 2 aliphatic heterocycles. The molecule has 0 aliphatic carbocycles. The Morgan fingerprint density at radius 1 is 1.00 bits per heavy atom. The summed E-state index contributed by atoms with van der Waals surface area (Å²) >= 11 is 0. The lowest BCUT2D eigenvalue weighted by Gasteiger charge is -2.17. The number of ether oxygens (including phenoxy) is 1. The number of phenols is 1. The number of aryl methyl sites for hydroxylation is 1. The van der Waals surface area contributed by atoms with Crippen molar-refractivity contribution in [1.29, 1.82) is 0 Å². The maximum absolute atomic E-state index is 12.4. The van der Waals surface area contributed by atoms with Gasteiger partial charge in [-0.2, -0.15) is 0 Å². The molecule has 254 valence electrons. The molecule has 0 spiro atoms. The standard InChI is InChI=1S/C39H48N4O5/c1-2-7-32(44)21-34(46)22-33(45)14-12-28-13-15-37(47)38(20-28)48-26-43-24-35-31(23-42-36(35)25-43)19-29-10-6-11-30(18-29)39(40)41-17-16-27-8-4-3-5-9-27/h3-6,8-11,13,15,18,20,23-24,32,34,39,41,44,46-47H,2,7,12,14,16-17,19,21-22,25-26,40H2,1H3. The molecule has 0 fully saturated rings. The molecule has 3 aromatic rings. The van der Waals surface area contributed by atoms with Crippen LogP contribution >= 0.6 is 0 Å². The summed E-state index contributed by atoms with van der Waals surface area (Å²) in [4.78, 5) is 19.1. The highest BCUT2D eigenvalue weighted by Gasteiger charge is 2.26. The van der Waals surface area contributed by atoms with Crippen LogP contribution in [0.15, 0.2) is 101 Å². The Labute approximate surface area is 283 Å². The van der Waals surface area contributed by atoms with E-state index in [1.165, 1.54) is 5.56 Å². The Morgan fingerprint density at radius 2 is 1.81 bits per heavy atom. The van der Waals surface area contributed by atoms with Crippen molar-refractivity contribution in [3.05, 3.63) is 119 Å². The third-order valence-corrected chi connectivity index (χ3v) is 8.76. The summed E-state index contributed by atoms with van der Waals surface area (Å²) in [7, 11) is 0. The smallest absolute Gasteiger partial charge is 0.163 e. The summed E-state index contributed by atoms with van der Waals surface area (Å²) in [6, 6.07) is 23.8. The van der Waals surface area contributed by atoms with Crippen molar-refractivity contribution >= 4 is 11.5 Å². The van der Waals surface area contributed by atoms with Gasteiger partial charge in [-0.25, -0.2) is 0 Å². The molecule has 9 nitrogen and oxygen atoms in total. The second-order valence-electron chi connectivity index (χ2n) is 12.8. The summed E-state index contributed by atoms with van der Waals surface area (Å²) in [6.07, 6.45) is 6.36. The normalized spacial score (nSPS) is 15.8. The van der Waals surface area contributed by atoms with E-state index in [9.17, 15) is 20.1 Å². The van der Waals surface area contributed by atoms with Crippen molar-refractivity contribution in [2.45, 2.75) is 76.7 Å². The summed E-state index contributed by atoms with van der Waals surface area (Å²) < 4.78 is 6.00. The van der Waals surface area contributed by atoms with E-state index in [-0.39, 0.29) is 43.7 Å². The minimum absolute atomic E-state index is 0.0253. The first-order valence-electron chi connectivity index (χ1n) is 16.9. The number of aliphatic hydroxyl groups is 2. The fraction of sp³-hybridized carbons (Fsp3) is 0.385. The van der Waals surface area contributed by atoms with Crippen LogP contribution in [0.1, 0.15) is 67.4 Å². The van der Waals surface area contributed by atoms with Crippen molar-refractivity contribution in [1.82, 2.24) is 10.2 Å².